The first-order chi connectivity index (χ1) is 22.1. The van der Waals surface area contributed by atoms with E-state index in [0.717, 1.165) is 49.0 Å². The summed E-state index contributed by atoms with van der Waals surface area (Å²) in [4.78, 5) is 46.0. The van der Waals surface area contributed by atoms with Crippen molar-refractivity contribution in [2.45, 2.75) is 64.6 Å². The lowest BCUT2D eigenvalue weighted by molar-refractivity contribution is -0.147. The Hall–Kier alpha value is -4.54. The van der Waals surface area contributed by atoms with Gasteiger partial charge in [0.05, 0.1) is 12.1 Å². The average molecular weight is 629 g/mol. The number of aromatic nitrogens is 2. The number of carbonyl (C=O) groups is 3. The van der Waals surface area contributed by atoms with Crippen LogP contribution < -0.4 is 9.64 Å². The monoisotopic (exact) mass is 628 g/mol. The van der Waals surface area contributed by atoms with Crippen molar-refractivity contribution in [1.29, 1.82) is 0 Å². The van der Waals surface area contributed by atoms with Gasteiger partial charge in [-0.1, -0.05) is 24.3 Å². The van der Waals surface area contributed by atoms with Crippen LogP contribution in [-0.2, 0) is 16.1 Å². The Bertz CT molecular complexity index is 1560. The average Bonchev–Trinajstić information content (AvgIpc) is 3.75. The third-order valence-electron chi connectivity index (χ3n) is 9.46. The van der Waals surface area contributed by atoms with Gasteiger partial charge >= 0.3 is 6.09 Å². The van der Waals surface area contributed by atoms with Gasteiger partial charge in [0.25, 0.3) is 5.91 Å². The molecule has 0 unspecified atom stereocenters. The number of aryl methyl sites for hydroxylation is 1. The fraction of sp³-hybridized carbons (Fsp3) is 0.486. The first-order valence-corrected chi connectivity index (χ1v) is 16.3. The quantitative estimate of drug-likeness (QED) is 0.350. The number of hydrogen-bond acceptors (Lipinski definition) is 6. The predicted molar refractivity (Wildman–Crippen MR) is 175 cm³/mol. The van der Waals surface area contributed by atoms with Gasteiger partial charge in [-0.15, -0.1) is 0 Å². The van der Waals surface area contributed by atoms with E-state index < -0.39 is 11.7 Å². The highest BCUT2D eigenvalue weighted by Crippen LogP contribution is 2.34. The topological polar surface area (TPSA) is 122 Å². The first-order valence-electron chi connectivity index (χ1n) is 16.3. The van der Waals surface area contributed by atoms with Gasteiger partial charge in [-0.3, -0.25) is 14.7 Å². The Morgan fingerprint density at radius 3 is 2.43 bits per heavy atom. The SMILES string of the molecule is Cc1cc(-c2cn[nH]c2)ccc1CN(C(=O)[C@@H]1CCCN(c2cccc(OC(C)(C)C(=O)N3CCN(C(=O)O)CC3)c2)C1)C1CC1. The molecule has 244 valence electrons. The van der Waals surface area contributed by atoms with E-state index in [4.69, 9.17) is 4.74 Å². The van der Waals surface area contributed by atoms with Gasteiger partial charge in [0.15, 0.2) is 5.60 Å². The summed E-state index contributed by atoms with van der Waals surface area (Å²) in [6, 6.07) is 14.5. The molecule has 2 aliphatic heterocycles. The molecule has 11 heteroatoms. The van der Waals surface area contributed by atoms with Gasteiger partial charge < -0.3 is 29.4 Å². The first kappa shape index (κ1) is 31.4. The summed E-state index contributed by atoms with van der Waals surface area (Å²) in [5.74, 6) is 0.556. The van der Waals surface area contributed by atoms with E-state index >= 15 is 0 Å². The Morgan fingerprint density at radius 1 is 1.00 bits per heavy atom. The summed E-state index contributed by atoms with van der Waals surface area (Å²) in [7, 11) is 0. The van der Waals surface area contributed by atoms with Crippen LogP contribution in [0.15, 0.2) is 54.9 Å². The maximum Gasteiger partial charge on any atom is 0.407 e. The molecule has 3 aromatic rings. The molecule has 1 aromatic heterocycles. The van der Waals surface area contributed by atoms with Crippen molar-refractivity contribution in [3.63, 3.8) is 0 Å². The highest BCUT2D eigenvalue weighted by atomic mass is 16.5. The minimum absolute atomic E-state index is 0.0908. The molecule has 11 nitrogen and oxygen atoms in total. The van der Waals surface area contributed by atoms with Gasteiger partial charge in [-0.25, -0.2) is 4.79 Å². The Kier molecular flexibility index (Phi) is 8.93. The van der Waals surface area contributed by atoms with Crippen LogP contribution in [0, 0.1) is 12.8 Å². The number of H-pyrrole nitrogens is 1. The number of hydrogen-bond donors (Lipinski definition) is 2. The van der Waals surface area contributed by atoms with Crippen molar-refractivity contribution in [2.24, 2.45) is 5.92 Å². The van der Waals surface area contributed by atoms with Crippen molar-refractivity contribution < 1.29 is 24.2 Å². The van der Waals surface area contributed by atoms with Crippen molar-refractivity contribution >= 4 is 23.6 Å². The maximum atomic E-state index is 14.0. The number of rotatable bonds is 9. The van der Waals surface area contributed by atoms with E-state index in [1.165, 1.54) is 16.0 Å². The van der Waals surface area contributed by atoms with Crippen LogP contribution in [0.4, 0.5) is 10.5 Å². The predicted octanol–water partition coefficient (Wildman–Crippen LogP) is 4.77. The molecule has 1 atom stereocenters. The van der Waals surface area contributed by atoms with Crippen molar-refractivity contribution in [1.82, 2.24) is 24.9 Å². The van der Waals surface area contributed by atoms with Crippen LogP contribution in [0.2, 0.25) is 0 Å². The van der Waals surface area contributed by atoms with Gasteiger partial charge in [0.1, 0.15) is 5.75 Å². The van der Waals surface area contributed by atoms with Gasteiger partial charge in [0.2, 0.25) is 5.91 Å². The molecule has 1 saturated carbocycles. The smallest absolute Gasteiger partial charge is 0.407 e. The lowest BCUT2D eigenvalue weighted by Gasteiger charge is -2.38. The van der Waals surface area contributed by atoms with E-state index in [9.17, 15) is 19.5 Å². The van der Waals surface area contributed by atoms with Gasteiger partial charge in [-0.05, 0) is 75.3 Å². The molecule has 3 heterocycles. The Morgan fingerprint density at radius 2 is 1.76 bits per heavy atom. The number of ether oxygens (including phenoxy) is 1. The van der Waals surface area contributed by atoms with Crippen LogP contribution in [0.3, 0.4) is 0 Å². The summed E-state index contributed by atoms with van der Waals surface area (Å²) in [6.07, 6.45) is 6.63. The largest absolute Gasteiger partial charge is 0.478 e. The number of piperidine rings is 1. The molecule has 2 aromatic carbocycles. The summed E-state index contributed by atoms with van der Waals surface area (Å²) in [5.41, 5.74) is 4.35. The second-order valence-electron chi connectivity index (χ2n) is 13.3. The fourth-order valence-electron chi connectivity index (χ4n) is 6.63. The summed E-state index contributed by atoms with van der Waals surface area (Å²) >= 11 is 0. The van der Waals surface area contributed by atoms with Gasteiger partial charge in [0, 0.05) is 75.4 Å². The highest BCUT2D eigenvalue weighted by molar-refractivity contribution is 5.85. The lowest BCUT2D eigenvalue weighted by atomic mass is 9.95. The molecule has 2 N–H and O–H groups in total. The second-order valence-corrected chi connectivity index (χ2v) is 13.3. The fourth-order valence-corrected chi connectivity index (χ4v) is 6.63. The van der Waals surface area contributed by atoms with E-state index in [2.05, 4.69) is 45.1 Å². The van der Waals surface area contributed by atoms with Crippen LogP contribution in [0.25, 0.3) is 11.1 Å². The van der Waals surface area contributed by atoms with Crippen molar-refractivity contribution in [3.05, 3.63) is 66.0 Å². The zero-order valence-corrected chi connectivity index (χ0v) is 26.9. The summed E-state index contributed by atoms with van der Waals surface area (Å²) in [5, 5.41) is 16.2. The number of anilines is 1. The van der Waals surface area contributed by atoms with Crippen LogP contribution >= 0.6 is 0 Å². The molecule has 0 spiro atoms. The number of aromatic amines is 1. The van der Waals surface area contributed by atoms with Gasteiger partial charge in [-0.2, -0.15) is 5.10 Å². The molecule has 6 rings (SSSR count). The summed E-state index contributed by atoms with van der Waals surface area (Å²) in [6.45, 7) is 8.98. The molecular formula is C35H44N6O5. The third-order valence-corrected chi connectivity index (χ3v) is 9.46. The molecule has 2 saturated heterocycles. The number of benzene rings is 2. The lowest BCUT2D eigenvalue weighted by Crippen LogP contribution is -2.56. The molecule has 3 fully saturated rings. The molecule has 0 bridgehead atoms. The minimum Gasteiger partial charge on any atom is -0.478 e. The van der Waals surface area contributed by atoms with E-state index in [1.807, 2.05) is 36.7 Å². The number of carbonyl (C=O) groups excluding carboxylic acids is 2. The second kappa shape index (κ2) is 13.1. The molecule has 46 heavy (non-hydrogen) atoms. The number of piperazine rings is 1. The van der Waals surface area contributed by atoms with E-state index in [1.54, 1.807) is 18.7 Å². The normalized spacial score (nSPS) is 18.8. The Labute approximate surface area is 270 Å². The van der Waals surface area contributed by atoms with Crippen LogP contribution in [-0.4, -0.2) is 98.8 Å². The molecular weight excluding hydrogens is 584 g/mol. The number of carboxylic acid groups (broad SMARTS) is 1. The zero-order valence-electron chi connectivity index (χ0n) is 26.9. The van der Waals surface area contributed by atoms with Crippen LogP contribution in [0.5, 0.6) is 5.75 Å². The molecule has 3 amide bonds. The summed E-state index contributed by atoms with van der Waals surface area (Å²) < 4.78 is 6.26. The van der Waals surface area contributed by atoms with E-state index in [0.29, 0.717) is 38.0 Å². The van der Waals surface area contributed by atoms with Crippen LogP contribution in [0.1, 0.15) is 50.7 Å². The molecule has 1 aliphatic carbocycles. The number of nitrogens with zero attached hydrogens (tertiary/aromatic N) is 5. The molecule has 0 radical (unpaired) electrons. The number of amides is 3. The maximum absolute atomic E-state index is 14.0. The van der Waals surface area contributed by atoms with Crippen molar-refractivity contribution in [2.75, 3.05) is 44.2 Å². The minimum atomic E-state index is -1.12. The molecule has 3 aliphatic rings. The zero-order chi connectivity index (χ0) is 32.4. The Balaban J connectivity index is 1.10. The third kappa shape index (κ3) is 6.98. The van der Waals surface area contributed by atoms with E-state index in [-0.39, 0.29) is 30.8 Å². The standard InChI is InChI=1S/C35H44N6O5/c1-24-18-25(28-20-36-37-21-28)9-10-26(24)23-41(29-11-12-29)32(42)27-6-5-13-40(22-27)30-7-4-8-31(19-30)46-35(2,3)33(43)38-14-16-39(17-15-38)34(44)45/h4,7-10,18-21,27,29H,5-6,11-17,22-23H2,1-3H3,(H,36,37)(H,44,45)/t27-/m1/s1. The van der Waals surface area contributed by atoms with Crippen molar-refractivity contribution in [3.8, 4) is 16.9 Å². The number of nitrogens with one attached hydrogen (secondary N) is 1. The highest BCUT2D eigenvalue weighted by Gasteiger charge is 2.39.